The van der Waals surface area contributed by atoms with Crippen LogP contribution in [0.5, 0.6) is 0 Å². The summed E-state index contributed by atoms with van der Waals surface area (Å²) in [6.45, 7) is 8.16. The third-order valence-electron chi connectivity index (χ3n) is 6.99. The van der Waals surface area contributed by atoms with E-state index in [-0.39, 0.29) is 44.6 Å². The number of primary amides is 1. The first kappa shape index (κ1) is 40.4. The zero-order chi connectivity index (χ0) is 34.0. The first-order chi connectivity index (χ1) is 20.5. The Morgan fingerprint density at radius 3 is 1.93 bits per heavy atom. The van der Waals surface area contributed by atoms with E-state index in [1.807, 2.05) is 13.8 Å². The number of nitrogens with zero attached hydrogens (tertiary/aromatic N) is 1. The molecule has 1 rings (SSSR count). The number of unbranched alkanes of at least 4 members (excludes halogenated alkanes) is 1. The molecule has 252 valence electrons. The Labute approximate surface area is 259 Å². The lowest BCUT2D eigenvalue weighted by molar-refractivity contribution is -0.170. The lowest BCUT2D eigenvalue weighted by Crippen LogP contribution is -2.63. The highest BCUT2D eigenvalue weighted by molar-refractivity contribution is 6.04. The predicted octanol–water partition coefficient (Wildman–Crippen LogP) is 0.0658. The van der Waals surface area contributed by atoms with Crippen molar-refractivity contribution in [2.24, 2.45) is 23.1 Å². The van der Waals surface area contributed by atoms with Gasteiger partial charge in [0.15, 0.2) is 0 Å². The summed E-state index contributed by atoms with van der Waals surface area (Å²) >= 11 is 0. The zero-order valence-corrected chi connectivity index (χ0v) is 26.7. The van der Waals surface area contributed by atoms with Crippen molar-refractivity contribution in [3.8, 4) is 0 Å². The van der Waals surface area contributed by atoms with E-state index in [9.17, 15) is 28.8 Å². The van der Waals surface area contributed by atoms with Crippen LogP contribution in [0.15, 0.2) is 0 Å². The number of carboxylic acids is 1. The molecule has 9 N–H and O–H groups in total. The third-order valence-corrected chi connectivity index (χ3v) is 6.99. The monoisotopic (exact) mass is 628 g/mol. The number of nitrogens with one attached hydrogen (secondary N) is 2. The molecule has 1 aliphatic rings. The number of esters is 1. The number of aliphatic carboxylic acids is 1. The minimum atomic E-state index is -1.51. The van der Waals surface area contributed by atoms with Crippen LogP contribution in [0.2, 0.25) is 0 Å². The zero-order valence-electron chi connectivity index (χ0n) is 26.7. The number of imide groups is 1. The smallest absolute Gasteiger partial charge is 0.332 e. The summed E-state index contributed by atoms with van der Waals surface area (Å²) < 4.78 is 5.24. The molecule has 3 atom stereocenters. The summed E-state index contributed by atoms with van der Waals surface area (Å²) in [5, 5.41) is 12.7. The minimum absolute atomic E-state index is 0.0610. The van der Waals surface area contributed by atoms with Crippen molar-refractivity contribution in [3.05, 3.63) is 0 Å². The van der Waals surface area contributed by atoms with Crippen LogP contribution in [-0.4, -0.2) is 88.3 Å². The lowest BCUT2D eigenvalue weighted by atomic mass is 9.93. The van der Waals surface area contributed by atoms with Crippen molar-refractivity contribution in [1.82, 2.24) is 15.5 Å². The topological polar surface area (TPSA) is 254 Å². The molecule has 15 nitrogen and oxygen atoms in total. The molecule has 1 aliphatic carbocycles. The second-order valence-electron chi connectivity index (χ2n) is 11.3. The van der Waals surface area contributed by atoms with Gasteiger partial charge in [-0.15, -0.1) is 0 Å². The number of nitrogens with two attached hydrogens (primary N) is 3. The van der Waals surface area contributed by atoms with Gasteiger partial charge in [-0.05, 0) is 64.3 Å². The van der Waals surface area contributed by atoms with Crippen LogP contribution in [0.1, 0.15) is 98.8 Å². The maximum atomic E-state index is 13.9. The van der Waals surface area contributed by atoms with Gasteiger partial charge in [-0.2, -0.15) is 0 Å². The van der Waals surface area contributed by atoms with Crippen LogP contribution in [-0.2, 0) is 38.3 Å². The van der Waals surface area contributed by atoms with Crippen molar-refractivity contribution < 1.29 is 43.4 Å². The largest absolute Gasteiger partial charge is 0.481 e. The van der Waals surface area contributed by atoms with E-state index < -0.39 is 65.1 Å². The molecule has 0 aromatic rings. The molecule has 0 unspecified atom stereocenters. The van der Waals surface area contributed by atoms with Crippen molar-refractivity contribution in [2.45, 2.75) is 122 Å². The Hall–Kier alpha value is -3.59. The SMILES string of the molecule is CC(=O)O.CCOC(=O)C1(N(C(C)=O)C(=O)[C@H](CCC(N)=O)NC(=O)[C@H](CCCCN)NC(=O)[C@@H](N)CC(C)C)CCCC1. The molecule has 0 aliphatic heterocycles. The van der Waals surface area contributed by atoms with Crippen LogP contribution < -0.4 is 27.8 Å². The van der Waals surface area contributed by atoms with E-state index >= 15 is 0 Å². The number of hydrogen-bond donors (Lipinski definition) is 6. The number of amides is 5. The Morgan fingerprint density at radius 2 is 1.48 bits per heavy atom. The van der Waals surface area contributed by atoms with Crippen molar-refractivity contribution in [3.63, 3.8) is 0 Å². The number of carbonyl (C=O) groups excluding carboxylic acids is 6. The molecule has 0 radical (unpaired) electrons. The number of ether oxygens (including phenoxy) is 1. The van der Waals surface area contributed by atoms with Crippen LogP contribution in [0.4, 0.5) is 0 Å². The molecule has 5 amide bonds. The maximum absolute atomic E-state index is 13.9. The summed E-state index contributed by atoms with van der Waals surface area (Å²) in [6.07, 6.45) is 2.91. The van der Waals surface area contributed by atoms with Gasteiger partial charge in [0.1, 0.15) is 17.6 Å². The molecule has 1 saturated carbocycles. The summed E-state index contributed by atoms with van der Waals surface area (Å²) in [5.74, 6) is -4.83. The van der Waals surface area contributed by atoms with Gasteiger partial charge in [-0.3, -0.25) is 33.7 Å². The Bertz CT molecular complexity index is 994. The van der Waals surface area contributed by atoms with E-state index in [0.29, 0.717) is 38.6 Å². The van der Waals surface area contributed by atoms with Gasteiger partial charge < -0.3 is 37.7 Å². The second-order valence-corrected chi connectivity index (χ2v) is 11.3. The van der Waals surface area contributed by atoms with Crippen molar-refractivity contribution in [2.75, 3.05) is 13.2 Å². The molecule has 1 fully saturated rings. The highest BCUT2D eigenvalue weighted by atomic mass is 16.5. The van der Waals surface area contributed by atoms with Gasteiger partial charge in [-0.25, -0.2) is 4.79 Å². The highest BCUT2D eigenvalue weighted by Gasteiger charge is 2.52. The van der Waals surface area contributed by atoms with Gasteiger partial charge in [-0.1, -0.05) is 26.7 Å². The average Bonchev–Trinajstić information content (AvgIpc) is 3.40. The fraction of sp³-hybridized carbons (Fsp3) is 0.759. The van der Waals surface area contributed by atoms with Crippen LogP contribution in [0.3, 0.4) is 0 Å². The van der Waals surface area contributed by atoms with Gasteiger partial charge >= 0.3 is 5.97 Å². The van der Waals surface area contributed by atoms with Crippen LogP contribution >= 0.6 is 0 Å². The van der Waals surface area contributed by atoms with Crippen LogP contribution in [0.25, 0.3) is 0 Å². The van der Waals surface area contributed by atoms with E-state index in [1.165, 1.54) is 0 Å². The predicted molar refractivity (Wildman–Crippen MR) is 161 cm³/mol. The number of carbonyl (C=O) groups is 7. The van der Waals surface area contributed by atoms with E-state index in [1.54, 1.807) is 6.92 Å². The van der Waals surface area contributed by atoms with Gasteiger partial charge in [0.2, 0.25) is 23.6 Å². The van der Waals surface area contributed by atoms with E-state index in [0.717, 1.165) is 18.7 Å². The Kier molecular flexibility index (Phi) is 18.7. The minimum Gasteiger partial charge on any atom is -0.481 e. The van der Waals surface area contributed by atoms with Crippen LogP contribution in [0, 0.1) is 5.92 Å². The Balaban J connectivity index is 0.00000433. The fourth-order valence-corrected chi connectivity index (χ4v) is 5.04. The number of rotatable bonds is 17. The summed E-state index contributed by atoms with van der Waals surface area (Å²) in [5.41, 5.74) is 15.4. The molecule has 0 heterocycles. The second kappa shape index (κ2) is 20.4. The maximum Gasteiger partial charge on any atom is 0.332 e. The first-order valence-electron chi connectivity index (χ1n) is 15.1. The summed E-state index contributed by atoms with van der Waals surface area (Å²) in [6, 6.07) is -3.25. The fourth-order valence-electron chi connectivity index (χ4n) is 5.04. The molecule has 44 heavy (non-hydrogen) atoms. The van der Waals surface area contributed by atoms with Gasteiger partial charge in [0.25, 0.3) is 11.9 Å². The van der Waals surface area contributed by atoms with E-state index in [4.69, 9.17) is 31.8 Å². The lowest BCUT2D eigenvalue weighted by Gasteiger charge is -2.39. The quantitative estimate of drug-likeness (QED) is 0.0927. The van der Waals surface area contributed by atoms with E-state index in [2.05, 4.69) is 10.6 Å². The highest BCUT2D eigenvalue weighted by Crippen LogP contribution is 2.37. The Morgan fingerprint density at radius 1 is 0.932 bits per heavy atom. The van der Waals surface area contributed by atoms with Crippen molar-refractivity contribution >= 4 is 41.5 Å². The molecule has 0 saturated heterocycles. The molecule has 0 aromatic carbocycles. The third kappa shape index (κ3) is 13.8. The molecular formula is C29H52N6O9. The average molecular weight is 629 g/mol. The standard InChI is InChI=1S/C27H48N6O7.C2H4O2/c1-5-40-26(39)27(13-7-8-14-27)33(18(4)34)25(38)21(11-12-22(30)35)32-24(37)20(10-6-9-15-28)31-23(36)19(29)16-17(2)3;1-2(3)4/h17,19-21H,5-16,28-29H2,1-4H3,(H2,30,35)(H,31,36)(H,32,37);1H3,(H,3,4)/t19-,20-,21-;/m0./s1. The molecule has 0 spiro atoms. The van der Waals surface area contributed by atoms with Gasteiger partial charge in [0, 0.05) is 20.3 Å². The first-order valence-corrected chi connectivity index (χ1v) is 15.1. The van der Waals surface area contributed by atoms with Crippen molar-refractivity contribution in [1.29, 1.82) is 0 Å². The summed E-state index contributed by atoms with van der Waals surface area (Å²) in [4.78, 5) is 87.4. The van der Waals surface area contributed by atoms with Gasteiger partial charge in [0.05, 0.1) is 12.6 Å². The molecular weight excluding hydrogens is 576 g/mol. The molecule has 15 heteroatoms. The summed E-state index contributed by atoms with van der Waals surface area (Å²) in [7, 11) is 0. The normalized spacial score (nSPS) is 15.5. The molecule has 0 bridgehead atoms. The number of hydrogen-bond acceptors (Lipinski definition) is 10. The molecule has 0 aromatic heterocycles. The number of carboxylic acid groups (broad SMARTS) is 1.